The Kier molecular flexibility index (Phi) is 4.50. The molecule has 1 aliphatic rings. The Morgan fingerprint density at radius 3 is 2.67 bits per heavy atom. The van der Waals surface area contributed by atoms with Crippen LogP contribution in [0, 0.1) is 0 Å². The highest BCUT2D eigenvalue weighted by atomic mass is 16.4. The summed E-state index contributed by atoms with van der Waals surface area (Å²) in [6.07, 6.45) is 0.806. The van der Waals surface area contributed by atoms with Crippen molar-refractivity contribution in [2.24, 2.45) is 0 Å². The largest absolute Gasteiger partial charge is 0.481 e. The molecule has 5 heteroatoms. The van der Waals surface area contributed by atoms with Gasteiger partial charge in [0.1, 0.15) is 0 Å². The Bertz CT molecular complexity index is 542. The minimum atomic E-state index is -0.886. The molecular weight excluding hydrogens is 268 g/mol. The molecule has 0 bridgehead atoms. The highest BCUT2D eigenvalue weighted by molar-refractivity contribution is 5.95. The first kappa shape index (κ1) is 15.4. The van der Waals surface area contributed by atoms with Crippen LogP contribution < -0.4 is 4.90 Å². The number of amides is 2. The van der Waals surface area contributed by atoms with Crippen molar-refractivity contribution in [2.75, 3.05) is 11.4 Å². The number of carbonyl (C=O) groups excluding carboxylic acids is 1. The van der Waals surface area contributed by atoms with E-state index in [2.05, 4.69) is 0 Å². The van der Waals surface area contributed by atoms with Crippen LogP contribution in [0.3, 0.4) is 0 Å². The molecule has 5 nitrogen and oxygen atoms in total. The second-order valence-corrected chi connectivity index (χ2v) is 5.77. The first-order valence-corrected chi connectivity index (χ1v) is 7.31. The number of carboxylic acid groups (broad SMARTS) is 1. The summed E-state index contributed by atoms with van der Waals surface area (Å²) in [6, 6.07) is 7.85. The molecule has 0 saturated heterocycles. The van der Waals surface area contributed by atoms with Gasteiger partial charge in [-0.25, -0.2) is 4.79 Å². The maximum Gasteiger partial charge on any atom is 0.324 e. The number of hydrogen-bond donors (Lipinski definition) is 1. The van der Waals surface area contributed by atoms with Crippen LogP contribution in [0.5, 0.6) is 0 Å². The Hall–Kier alpha value is -2.04. The molecular formula is C16H22N2O3. The number of hydrogen-bond acceptors (Lipinski definition) is 2. The molecule has 0 aromatic heterocycles. The van der Waals surface area contributed by atoms with Crippen molar-refractivity contribution in [2.45, 2.75) is 45.7 Å². The maximum absolute atomic E-state index is 12.8. The van der Waals surface area contributed by atoms with Gasteiger partial charge in [-0.1, -0.05) is 18.2 Å². The standard InChI is InChI=1S/C16H22N2O3/c1-11(2)17(9-8-15(19)20)16(21)18-12(3)10-13-6-4-5-7-14(13)18/h4-7,11-12H,8-10H2,1-3H3,(H,19,20). The predicted octanol–water partition coefficient (Wildman–Crippen LogP) is 2.74. The van der Waals surface area contributed by atoms with E-state index in [4.69, 9.17) is 5.11 Å². The van der Waals surface area contributed by atoms with Gasteiger partial charge in [0.2, 0.25) is 0 Å². The zero-order valence-electron chi connectivity index (χ0n) is 12.7. The average Bonchev–Trinajstić information content (AvgIpc) is 2.73. The van der Waals surface area contributed by atoms with E-state index >= 15 is 0 Å². The van der Waals surface area contributed by atoms with Gasteiger partial charge in [0, 0.05) is 24.3 Å². The van der Waals surface area contributed by atoms with Gasteiger partial charge in [-0.3, -0.25) is 9.69 Å². The third-order valence-corrected chi connectivity index (χ3v) is 3.85. The summed E-state index contributed by atoms with van der Waals surface area (Å²) in [5, 5.41) is 8.85. The predicted molar refractivity (Wildman–Crippen MR) is 81.6 cm³/mol. The van der Waals surface area contributed by atoms with Crippen molar-refractivity contribution in [1.29, 1.82) is 0 Å². The van der Waals surface area contributed by atoms with Crippen molar-refractivity contribution in [3.05, 3.63) is 29.8 Å². The van der Waals surface area contributed by atoms with Crippen molar-refractivity contribution < 1.29 is 14.7 Å². The van der Waals surface area contributed by atoms with Gasteiger partial charge < -0.3 is 10.0 Å². The second-order valence-electron chi connectivity index (χ2n) is 5.77. The van der Waals surface area contributed by atoms with Crippen LogP contribution in [0.2, 0.25) is 0 Å². The Morgan fingerprint density at radius 2 is 2.05 bits per heavy atom. The molecule has 1 unspecified atom stereocenters. The van der Waals surface area contributed by atoms with Crippen molar-refractivity contribution in [3.63, 3.8) is 0 Å². The Labute approximate surface area is 125 Å². The molecule has 0 fully saturated rings. The lowest BCUT2D eigenvalue weighted by atomic mass is 10.1. The molecule has 2 rings (SSSR count). The van der Waals surface area contributed by atoms with Crippen molar-refractivity contribution in [1.82, 2.24) is 4.90 Å². The highest BCUT2D eigenvalue weighted by Gasteiger charge is 2.34. The zero-order chi connectivity index (χ0) is 15.6. The molecule has 0 radical (unpaired) electrons. The molecule has 2 amide bonds. The lowest BCUT2D eigenvalue weighted by Crippen LogP contribution is -2.49. The van der Waals surface area contributed by atoms with Crippen LogP contribution in [0.15, 0.2) is 24.3 Å². The second kappa shape index (κ2) is 6.16. The van der Waals surface area contributed by atoms with E-state index in [0.29, 0.717) is 0 Å². The van der Waals surface area contributed by atoms with Gasteiger partial charge >= 0.3 is 12.0 Å². The summed E-state index contributed by atoms with van der Waals surface area (Å²) in [7, 11) is 0. The fraction of sp³-hybridized carbons (Fsp3) is 0.500. The van der Waals surface area contributed by atoms with Crippen LogP contribution in [0.1, 0.15) is 32.8 Å². The van der Waals surface area contributed by atoms with Gasteiger partial charge in [-0.2, -0.15) is 0 Å². The van der Waals surface area contributed by atoms with E-state index in [0.717, 1.165) is 12.1 Å². The lowest BCUT2D eigenvalue weighted by molar-refractivity contribution is -0.137. The number of rotatable bonds is 4. The van der Waals surface area contributed by atoms with Gasteiger partial charge in [0.25, 0.3) is 0 Å². The van der Waals surface area contributed by atoms with Crippen LogP contribution in [0.4, 0.5) is 10.5 Å². The quantitative estimate of drug-likeness (QED) is 0.927. The number of fused-ring (bicyclic) bond motifs is 1. The highest BCUT2D eigenvalue weighted by Crippen LogP contribution is 2.32. The minimum Gasteiger partial charge on any atom is -0.481 e. The fourth-order valence-corrected chi connectivity index (χ4v) is 2.79. The molecule has 0 spiro atoms. The van der Waals surface area contributed by atoms with Gasteiger partial charge in [-0.05, 0) is 38.8 Å². The van der Waals surface area contributed by atoms with Crippen LogP contribution >= 0.6 is 0 Å². The monoisotopic (exact) mass is 290 g/mol. The van der Waals surface area contributed by atoms with Gasteiger partial charge in [-0.15, -0.1) is 0 Å². The molecule has 21 heavy (non-hydrogen) atoms. The normalized spacial score (nSPS) is 17.0. The topological polar surface area (TPSA) is 60.9 Å². The van der Waals surface area contributed by atoms with E-state index in [1.54, 1.807) is 9.80 Å². The van der Waals surface area contributed by atoms with Crippen molar-refractivity contribution >= 4 is 17.7 Å². The third kappa shape index (κ3) is 3.17. The van der Waals surface area contributed by atoms with Crippen molar-refractivity contribution in [3.8, 4) is 0 Å². The van der Waals surface area contributed by atoms with E-state index < -0.39 is 5.97 Å². The molecule has 1 heterocycles. The number of para-hydroxylation sites is 1. The minimum absolute atomic E-state index is 0.0307. The molecule has 1 aromatic carbocycles. The molecule has 114 valence electrons. The SMILES string of the molecule is CC(C)N(CCC(=O)O)C(=O)N1c2ccccc2CC1C. The van der Waals surface area contributed by atoms with Gasteiger partial charge in [0.05, 0.1) is 6.42 Å². The van der Waals surface area contributed by atoms with E-state index in [1.165, 1.54) is 5.56 Å². The summed E-state index contributed by atoms with van der Waals surface area (Å²) in [5.41, 5.74) is 2.11. The number of urea groups is 1. The Balaban J connectivity index is 2.22. The zero-order valence-corrected chi connectivity index (χ0v) is 12.7. The number of benzene rings is 1. The number of anilines is 1. The maximum atomic E-state index is 12.8. The van der Waals surface area contributed by atoms with Crippen LogP contribution in [0.25, 0.3) is 0 Å². The molecule has 1 aromatic rings. The van der Waals surface area contributed by atoms with Crippen LogP contribution in [-0.4, -0.2) is 40.6 Å². The Morgan fingerprint density at radius 1 is 1.38 bits per heavy atom. The number of nitrogens with zero attached hydrogens (tertiary/aromatic N) is 2. The van der Waals surface area contributed by atoms with Gasteiger partial charge in [0.15, 0.2) is 0 Å². The third-order valence-electron chi connectivity index (χ3n) is 3.85. The summed E-state index contributed by atoms with van der Waals surface area (Å²) in [5.74, 6) is -0.886. The molecule has 1 aliphatic heterocycles. The first-order chi connectivity index (χ1) is 9.91. The molecule has 1 atom stereocenters. The molecule has 0 saturated carbocycles. The summed E-state index contributed by atoms with van der Waals surface area (Å²) >= 11 is 0. The first-order valence-electron chi connectivity index (χ1n) is 7.31. The fourth-order valence-electron chi connectivity index (χ4n) is 2.79. The number of carbonyl (C=O) groups is 2. The molecule has 0 aliphatic carbocycles. The average molecular weight is 290 g/mol. The van der Waals surface area contributed by atoms with Crippen LogP contribution in [-0.2, 0) is 11.2 Å². The summed E-state index contributed by atoms with van der Waals surface area (Å²) in [4.78, 5) is 27.0. The number of carboxylic acids is 1. The van der Waals surface area contributed by atoms with E-state index in [1.807, 2.05) is 45.0 Å². The summed E-state index contributed by atoms with van der Waals surface area (Å²) < 4.78 is 0. The van der Waals surface area contributed by atoms with E-state index in [-0.39, 0.29) is 31.1 Å². The lowest BCUT2D eigenvalue weighted by Gasteiger charge is -2.33. The molecule has 1 N–H and O–H groups in total. The smallest absolute Gasteiger partial charge is 0.324 e. The summed E-state index contributed by atoms with van der Waals surface area (Å²) in [6.45, 7) is 6.07. The van der Waals surface area contributed by atoms with E-state index in [9.17, 15) is 9.59 Å². The number of aliphatic carboxylic acids is 1.